The summed E-state index contributed by atoms with van der Waals surface area (Å²) in [6, 6.07) is 7.05. The van der Waals surface area contributed by atoms with Gasteiger partial charge in [-0.1, -0.05) is 12.1 Å². The molecule has 1 aliphatic heterocycles. The highest BCUT2D eigenvalue weighted by atomic mass is 16.7. The molecule has 0 fully saturated rings. The third-order valence-electron chi connectivity index (χ3n) is 4.47. The predicted octanol–water partition coefficient (Wildman–Crippen LogP) is 2.04. The number of rotatable bonds is 7. The fourth-order valence-electron chi connectivity index (χ4n) is 3.04. The number of ether oxygens (including phenoxy) is 2. The van der Waals surface area contributed by atoms with Crippen molar-refractivity contribution in [3.05, 3.63) is 58.2 Å². The second-order valence-corrected chi connectivity index (χ2v) is 6.32. The van der Waals surface area contributed by atoms with Gasteiger partial charge >= 0.3 is 0 Å². The van der Waals surface area contributed by atoms with E-state index in [0.717, 1.165) is 0 Å². The molecule has 2 N–H and O–H groups in total. The summed E-state index contributed by atoms with van der Waals surface area (Å²) in [5.41, 5.74) is 0.850. The summed E-state index contributed by atoms with van der Waals surface area (Å²) in [6.45, 7) is 0.490. The van der Waals surface area contributed by atoms with Crippen molar-refractivity contribution in [1.82, 2.24) is 5.32 Å². The summed E-state index contributed by atoms with van der Waals surface area (Å²) in [5.74, 6) is -0.628. The number of amides is 1. The Balaban J connectivity index is 1.89. The maximum absolute atomic E-state index is 12.9. The van der Waals surface area contributed by atoms with E-state index in [-0.39, 0.29) is 29.6 Å². The lowest BCUT2D eigenvalue weighted by molar-refractivity contribution is -0.146. The molecule has 0 unspecified atom stereocenters. The smallest absolute Gasteiger partial charge is 0.285 e. The number of unbranched alkanes of at least 4 members (excludes halogenated alkanes) is 1. The van der Waals surface area contributed by atoms with Crippen LogP contribution in [0.1, 0.15) is 30.7 Å². The van der Waals surface area contributed by atoms with Gasteiger partial charge in [-0.05, 0) is 31.1 Å². The highest BCUT2D eigenvalue weighted by molar-refractivity contribution is 5.91. The standard InChI is InChI=1S/C20H23NO6/c1-21-20(24)17-10-13(11-18(27-17)25-9-5-4-8-22)15-12-26-16-7-3-2-6-14(16)19(15)23/h2-3,6-7,10,12-13,18,22H,4-5,8-9,11H2,1H3,(H,21,24)/t13-,18+/m0/s1. The lowest BCUT2D eigenvalue weighted by Gasteiger charge is -2.28. The summed E-state index contributed by atoms with van der Waals surface area (Å²) in [4.78, 5) is 24.9. The van der Waals surface area contributed by atoms with Crippen LogP contribution in [0.25, 0.3) is 11.0 Å². The van der Waals surface area contributed by atoms with Crippen molar-refractivity contribution < 1.29 is 23.8 Å². The normalized spacial score (nSPS) is 19.4. The number of para-hydroxylation sites is 1. The Hall–Kier alpha value is -2.64. The molecule has 1 aromatic carbocycles. The van der Waals surface area contributed by atoms with Gasteiger partial charge in [0.1, 0.15) is 5.58 Å². The summed E-state index contributed by atoms with van der Waals surface area (Å²) in [7, 11) is 1.51. The lowest BCUT2D eigenvalue weighted by Crippen LogP contribution is -2.32. The van der Waals surface area contributed by atoms with Crippen LogP contribution in [-0.4, -0.2) is 37.6 Å². The minimum atomic E-state index is -0.656. The van der Waals surface area contributed by atoms with Gasteiger partial charge in [0.05, 0.1) is 18.3 Å². The van der Waals surface area contributed by atoms with E-state index in [4.69, 9.17) is 19.0 Å². The Morgan fingerprint density at radius 2 is 2.15 bits per heavy atom. The minimum Gasteiger partial charge on any atom is -0.464 e. The van der Waals surface area contributed by atoms with Gasteiger partial charge < -0.3 is 24.3 Å². The number of carbonyl (C=O) groups is 1. The molecule has 2 atom stereocenters. The molecule has 144 valence electrons. The van der Waals surface area contributed by atoms with E-state index in [1.54, 1.807) is 30.3 Å². The summed E-state index contributed by atoms with van der Waals surface area (Å²) in [5, 5.41) is 11.9. The first-order chi connectivity index (χ1) is 13.1. The number of hydrogen-bond donors (Lipinski definition) is 2. The molecule has 0 spiro atoms. The molecule has 0 bridgehead atoms. The Bertz CT molecular complexity index is 887. The predicted molar refractivity (Wildman–Crippen MR) is 99.1 cm³/mol. The zero-order valence-electron chi connectivity index (χ0n) is 15.1. The van der Waals surface area contributed by atoms with Gasteiger partial charge in [-0.25, -0.2) is 0 Å². The molecule has 0 saturated heterocycles. The maximum Gasteiger partial charge on any atom is 0.285 e. The molecule has 0 saturated carbocycles. The number of aliphatic hydroxyl groups excluding tert-OH is 1. The fraction of sp³-hybridized carbons (Fsp3) is 0.400. The minimum absolute atomic E-state index is 0.0963. The summed E-state index contributed by atoms with van der Waals surface area (Å²) >= 11 is 0. The van der Waals surface area contributed by atoms with Crippen LogP contribution in [0.4, 0.5) is 0 Å². The number of benzene rings is 1. The average molecular weight is 373 g/mol. The van der Waals surface area contributed by atoms with Crippen LogP contribution in [0.15, 0.2) is 51.6 Å². The lowest BCUT2D eigenvalue weighted by atomic mass is 9.93. The second-order valence-electron chi connectivity index (χ2n) is 6.32. The first-order valence-electron chi connectivity index (χ1n) is 8.97. The highest BCUT2D eigenvalue weighted by Gasteiger charge is 2.30. The van der Waals surface area contributed by atoms with Crippen molar-refractivity contribution in [3.8, 4) is 0 Å². The number of allylic oxidation sites excluding steroid dienone is 1. The second kappa shape index (κ2) is 8.83. The zero-order chi connectivity index (χ0) is 19.2. The molecule has 1 aliphatic rings. The van der Waals surface area contributed by atoms with Crippen LogP contribution in [0.2, 0.25) is 0 Å². The van der Waals surface area contributed by atoms with Crippen molar-refractivity contribution >= 4 is 16.9 Å². The van der Waals surface area contributed by atoms with Gasteiger partial charge in [0.25, 0.3) is 5.91 Å². The Morgan fingerprint density at radius 1 is 1.33 bits per heavy atom. The topological polar surface area (TPSA) is 98.0 Å². The van der Waals surface area contributed by atoms with Crippen molar-refractivity contribution in [2.45, 2.75) is 31.5 Å². The van der Waals surface area contributed by atoms with Crippen LogP contribution in [0.3, 0.4) is 0 Å². The molecule has 0 aliphatic carbocycles. The van der Waals surface area contributed by atoms with E-state index in [1.807, 2.05) is 0 Å². The van der Waals surface area contributed by atoms with E-state index in [1.165, 1.54) is 13.3 Å². The van der Waals surface area contributed by atoms with Crippen molar-refractivity contribution in [2.75, 3.05) is 20.3 Å². The van der Waals surface area contributed by atoms with Gasteiger partial charge in [0.15, 0.2) is 11.2 Å². The van der Waals surface area contributed by atoms with E-state index >= 15 is 0 Å². The van der Waals surface area contributed by atoms with Gasteiger partial charge in [0, 0.05) is 31.6 Å². The molecule has 0 radical (unpaired) electrons. The molecule has 1 amide bonds. The molecule has 7 nitrogen and oxygen atoms in total. The van der Waals surface area contributed by atoms with Crippen LogP contribution < -0.4 is 10.7 Å². The first-order valence-corrected chi connectivity index (χ1v) is 8.97. The van der Waals surface area contributed by atoms with E-state index in [9.17, 15) is 9.59 Å². The number of aliphatic hydroxyl groups is 1. The molecular weight excluding hydrogens is 350 g/mol. The Morgan fingerprint density at radius 3 is 2.93 bits per heavy atom. The quantitative estimate of drug-likeness (QED) is 0.721. The van der Waals surface area contributed by atoms with Gasteiger partial charge in [-0.3, -0.25) is 9.59 Å². The molecule has 2 aromatic rings. The third kappa shape index (κ3) is 4.37. The number of carbonyl (C=O) groups excluding carboxylic acids is 1. The van der Waals surface area contributed by atoms with E-state index in [0.29, 0.717) is 42.4 Å². The van der Waals surface area contributed by atoms with Crippen molar-refractivity contribution in [1.29, 1.82) is 0 Å². The number of hydrogen-bond acceptors (Lipinski definition) is 6. The van der Waals surface area contributed by atoms with Crippen LogP contribution in [0.5, 0.6) is 0 Å². The highest BCUT2D eigenvalue weighted by Crippen LogP contribution is 2.31. The largest absolute Gasteiger partial charge is 0.464 e. The van der Waals surface area contributed by atoms with Crippen molar-refractivity contribution in [3.63, 3.8) is 0 Å². The Labute approximate surface area is 156 Å². The molecule has 7 heteroatoms. The molecule has 1 aromatic heterocycles. The molecular formula is C20H23NO6. The van der Waals surface area contributed by atoms with Gasteiger partial charge in [-0.2, -0.15) is 0 Å². The maximum atomic E-state index is 12.9. The van der Waals surface area contributed by atoms with Crippen LogP contribution in [-0.2, 0) is 14.3 Å². The number of nitrogens with one attached hydrogen (secondary N) is 1. The average Bonchev–Trinajstić information content (AvgIpc) is 2.71. The fourth-order valence-corrected chi connectivity index (χ4v) is 3.04. The first kappa shape index (κ1) is 19.1. The molecule has 2 heterocycles. The van der Waals surface area contributed by atoms with E-state index < -0.39 is 6.29 Å². The summed E-state index contributed by atoms with van der Waals surface area (Å²) < 4.78 is 16.9. The SMILES string of the molecule is CNC(=O)C1=C[C@H](c2coc3ccccc3c2=O)C[C@H](OCCCCO)O1. The van der Waals surface area contributed by atoms with Gasteiger partial charge in [-0.15, -0.1) is 0 Å². The van der Waals surface area contributed by atoms with Crippen molar-refractivity contribution in [2.24, 2.45) is 0 Å². The third-order valence-corrected chi connectivity index (χ3v) is 4.47. The molecule has 27 heavy (non-hydrogen) atoms. The van der Waals surface area contributed by atoms with E-state index in [2.05, 4.69) is 5.32 Å². The summed E-state index contributed by atoms with van der Waals surface area (Å²) in [6.07, 6.45) is 4.12. The number of fused-ring (bicyclic) bond motifs is 1. The van der Waals surface area contributed by atoms with Crippen LogP contribution >= 0.6 is 0 Å². The van der Waals surface area contributed by atoms with Crippen LogP contribution in [0, 0.1) is 0 Å². The monoisotopic (exact) mass is 373 g/mol. The number of likely N-dealkylation sites (N-methyl/N-ethyl adjacent to an activating group) is 1. The Kier molecular flexibility index (Phi) is 6.26. The van der Waals surface area contributed by atoms with Gasteiger partial charge in [0.2, 0.25) is 6.29 Å². The molecule has 3 rings (SSSR count). The zero-order valence-corrected chi connectivity index (χ0v) is 15.1.